The van der Waals surface area contributed by atoms with Crippen molar-refractivity contribution in [1.82, 2.24) is 9.97 Å². The van der Waals surface area contributed by atoms with Gasteiger partial charge in [0.1, 0.15) is 0 Å². The van der Waals surface area contributed by atoms with E-state index in [1.807, 2.05) is 20.8 Å². The lowest BCUT2D eigenvalue weighted by molar-refractivity contribution is 0.447. The average Bonchev–Trinajstić information content (AvgIpc) is 2.23. The molecule has 1 atom stereocenters. The van der Waals surface area contributed by atoms with Crippen molar-refractivity contribution in [1.29, 1.82) is 0 Å². The molecule has 1 rings (SSSR count). The maximum atomic E-state index is 14.0. The fourth-order valence-electron chi connectivity index (χ4n) is 1.84. The van der Waals surface area contributed by atoms with E-state index in [9.17, 15) is 9.18 Å². The van der Waals surface area contributed by atoms with Crippen LogP contribution in [-0.4, -0.2) is 15.9 Å². The number of rotatable bonds is 4. The summed E-state index contributed by atoms with van der Waals surface area (Å²) in [5, 5.41) is 0. The first-order valence-corrected chi connectivity index (χ1v) is 5.97. The first-order valence-electron chi connectivity index (χ1n) is 5.97. The highest BCUT2D eigenvalue weighted by Crippen LogP contribution is 2.21. The van der Waals surface area contributed by atoms with E-state index in [1.54, 1.807) is 6.92 Å². The van der Waals surface area contributed by atoms with Crippen molar-refractivity contribution in [3.8, 4) is 0 Å². The Labute approximate surface area is 105 Å². The third-order valence-electron chi connectivity index (χ3n) is 2.86. The molecule has 1 heterocycles. The Morgan fingerprint density at radius 2 is 2.17 bits per heavy atom. The quantitative estimate of drug-likeness (QED) is 0.809. The molecule has 0 bridgehead atoms. The topological polar surface area (TPSA) is 84.1 Å². The van der Waals surface area contributed by atoms with Crippen molar-refractivity contribution in [3.05, 3.63) is 16.0 Å². The number of aryl methyl sites for hydroxylation is 1. The van der Waals surface area contributed by atoms with Crippen LogP contribution in [-0.2, 0) is 0 Å². The zero-order chi connectivity index (χ0) is 13.9. The minimum Gasteiger partial charge on any atom is -0.369 e. The Balaban J connectivity index is 3.21. The van der Waals surface area contributed by atoms with Gasteiger partial charge < -0.3 is 5.73 Å². The zero-order valence-electron chi connectivity index (χ0n) is 11.1. The average molecular weight is 254 g/mol. The molecule has 18 heavy (non-hydrogen) atoms. The van der Waals surface area contributed by atoms with E-state index >= 15 is 0 Å². The molecule has 0 aromatic carbocycles. The molecular formula is C12H19FN4O. The summed E-state index contributed by atoms with van der Waals surface area (Å²) in [5.74, 6) is -0.693. The maximum absolute atomic E-state index is 14.0. The largest absolute Gasteiger partial charge is 0.369 e. The van der Waals surface area contributed by atoms with Crippen LogP contribution in [0.2, 0.25) is 0 Å². The molecule has 0 radical (unpaired) electrons. The van der Waals surface area contributed by atoms with Gasteiger partial charge in [0.2, 0.25) is 5.95 Å². The Kier molecular flexibility index (Phi) is 4.58. The minimum atomic E-state index is -0.535. The van der Waals surface area contributed by atoms with Gasteiger partial charge in [-0.15, -0.1) is 0 Å². The second-order valence-corrected chi connectivity index (χ2v) is 4.58. The fourth-order valence-corrected chi connectivity index (χ4v) is 1.84. The minimum absolute atomic E-state index is 0.00718. The van der Waals surface area contributed by atoms with Gasteiger partial charge in [0.15, 0.2) is 11.7 Å². The lowest BCUT2D eigenvalue weighted by Gasteiger charge is -2.15. The molecule has 0 spiro atoms. The summed E-state index contributed by atoms with van der Waals surface area (Å²) in [6.07, 6.45) is 0.631. The molecule has 0 aliphatic carbocycles. The SMILES string of the molecule is CCC(C(F)=Nc1c(C)nc(N)[nH]c1=O)C(C)C. The van der Waals surface area contributed by atoms with E-state index in [1.165, 1.54) is 0 Å². The highest BCUT2D eigenvalue weighted by atomic mass is 19.1. The molecule has 1 unspecified atom stereocenters. The van der Waals surface area contributed by atoms with Crippen LogP contribution in [0, 0.1) is 18.8 Å². The summed E-state index contributed by atoms with van der Waals surface area (Å²) in [4.78, 5) is 21.6. The molecule has 100 valence electrons. The number of hydrogen-bond acceptors (Lipinski definition) is 4. The number of nitrogen functional groups attached to an aromatic ring is 1. The van der Waals surface area contributed by atoms with Gasteiger partial charge in [0, 0.05) is 5.92 Å². The molecule has 0 aliphatic rings. The maximum Gasteiger partial charge on any atom is 0.278 e. The number of H-pyrrole nitrogens is 1. The van der Waals surface area contributed by atoms with Gasteiger partial charge in [-0.2, -0.15) is 4.39 Å². The number of hydrogen-bond donors (Lipinski definition) is 2. The highest BCUT2D eigenvalue weighted by molar-refractivity contribution is 5.80. The third kappa shape index (κ3) is 3.15. The molecule has 5 nitrogen and oxygen atoms in total. The van der Waals surface area contributed by atoms with Gasteiger partial charge in [0.25, 0.3) is 5.56 Å². The van der Waals surface area contributed by atoms with Crippen LogP contribution < -0.4 is 11.3 Å². The summed E-state index contributed by atoms with van der Waals surface area (Å²) < 4.78 is 14.0. The molecule has 1 aromatic heterocycles. The number of nitrogens with one attached hydrogen (secondary N) is 1. The van der Waals surface area contributed by atoms with Crippen LogP contribution in [0.3, 0.4) is 0 Å². The first kappa shape index (κ1) is 14.3. The predicted molar refractivity (Wildman–Crippen MR) is 70.8 cm³/mol. The van der Waals surface area contributed by atoms with E-state index in [2.05, 4.69) is 15.0 Å². The van der Waals surface area contributed by atoms with Crippen LogP contribution in [0.5, 0.6) is 0 Å². The number of aromatic nitrogens is 2. The molecular weight excluding hydrogens is 235 g/mol. The van der Waals surface area contributed by atoms with Crippen LogP contribution in [0.25, 0.3) is 0 Å². The molecule has 0 aliphatic heterocycles. The predicted octanol–water partition coefficient (Wildman–Crippen LogP) is 2.34. The van der Waals surface area contributed by atoms with Crippen LogP contribution in [0.15, 0.2) is 9.79 Å². The number of aromatic amines is 1. The lowest BCUT2D eigenvalue weighted by Crippen LogP contribution is -2.18. The lowest BCUT2D eigenvalue weighted by atomic mass is 9.94. The van der Waals surface area contributed by atoms with Crippen molar-refractivity contribution in [2.75, 3.05) is 5.73 Å². The second kappa shape index (κ2) is 5.75. The molecule has 3 N–H and O–H groups in total. The Morgan fingerprint density at radius 3 is 2.61 bits per heavy atom. The standard InChI is InChI=1S/C12H19FN4O/c1-5-8(6(2)3)10(13)16-9-7(4)15-12(14)17-11(9)18/h6,8H,5H2,1-4H3,(H3,14,15,17,18). The van der Waals surface area contributed by atoms with Crippen LogP contribution in [0.4, 0.5) is 16.0 Å². The smallest absolute Gasteiger partial charge is 0.278 e. The second-order valence-electron chi connectivity index (χ2n) is 4.58. The van der Waals surface area contributed by atoms with E-state index < -0.39 is 11.5 Å². The number of halogens is 1. The Morgan fingerprint density at radius 1 is 1.56 bits per heavy atom. The van der Waals surface area contributed by atoms with Crippen molar-refractivity contribution in [2.45, 2.75) is 34.1 Å². The number of nitrogens with zero attached hydrogens (tertiary/aromatic N) is 2. The Bertz CT molecular complexity index is 507. The highest BCUT2D eigenvalue weighted by Gasteiger charge is 2.19. The molecule has 0 fully saturated rings. The number of nitrogens with two attached hydrogens (primary N) is 1. The summed E-state index contributed by atoms with van der Waals surface area (Å²) in [6, 6.07) is 0. The summed E-state index contributed by atoms with van der Waals surface area (Å²) in [7, 11) is 0. The van der Waals surface area contributed by atoms with E-state index in [-0.39, 0.29) is 23.5 Å². The van der Waals surface area contributed by atoms with Crippen molar-refractivity contribution in [2.24, 2.45) is 16.8 Å². The monoisotopic (exact) mass is 254 g/mol. The van der Waals surface area contributed by atoms with Crippen molar-refractivity contribution < 1.29 is 4.39 Å². The van der Waals surface area contributed by atoms with Crippen molar-refractivity contribution >= 4 is 17.6 Å². The Hall–Kier alpha value is -1.72. The normalized spacial score (nSPS) is 14.0. The van der Waals surface area contributed by atoms with Gasteiger partial charge in [0.05, 0.1) is 5.69 Å². The van der Waals surface area contributed by atoms with Crippen LogP contribution >= 0.6 is 0 Å². The fraction of sp³-hybridized carbons (Fsp3) is 0.583. The first-order chi connectivity index (χ1) is 8.36. The number of anilines is 1. The molecule has 0 amide bonds. The molecule has 6 heteroatoms. The van der Waals surface area contributed by atoms with Gasteiger partial charge in [-0.05, 0) is 19.3 Å². The van der Waals surface area contributed by atoms with E-state index in [4.69, 9.17) is 5.73 Å². The van der Waals surface area contributed by atoms with E-state index in [0.717, 1.165) is 0 Å². The summed E-state index contributed by atoms with van der Waals surface area (Å²) >= 11 is 0. The van der Waals surface area contributed by atoms with Crippen LogP contribution in [0.1, 0.15) is 32.9 Å². The van der Waals surface area contributed by atoms with E-state index in [0.29, 0.717) is 12.1 Å². The van der Waals surface area contributed by atoms with Crippen molar-refractivity contribution in [3.63, 3.8) is 0 Å². The zero-order valence-corrected chi connectivity index (χ0v) is 11.1. The van der Waals surface area contributed by atoms with Gasteiger partial charge in [-0.3, -0.25) is 9.78 Å². The summed E-state index contributed by atoms with van der Waals surface area (Å²) in [6.45, 7) is 7.30. The number of aliphatic imine (C=N–C) groups is 1. The van der Waals surface area contributed by atoms with Gasteiger partial charge in [-0.1, -0.05) is 20.8 Å². The molecule has 0 saturated carbocycles. The van der Waals surface area contributed by atoms with Gasteiger partial charge >= 0.3 is 0 Å². The molecule has 1 aromatic rings. The van der Waals surface area contributed by atoms with Gasteiger partial charge in [-0.25, -0.2) is 9.98 Å². The molecule has 0 saturated heterocycles. The third-order valence-corrected chi connectivity index (χ3v) is 2.86. The summed E-state index contributed by atoms with van der Waals surface area (Å²) in [5.41, 5.74) is 5.18.